The summed E-state index contributed by atoms with van der Waals surface area (Å²) in [6.45, 7) is 3.31. The molecule has 0 saturated carbocycles. The van der Waals surface area contributed by atoms with Crippen LogP contribution in [0.25, 0.3) is 0 Å². The summed E-state index contributed by atoms with van der Waals surface area (Å²) in [5.41, 5.74) is -1.73. The second-order valence-corrected chi connectivity index (χ2v) is 4.65. The van der Waals surface area contributed by atoms with Crippen molar-refractivity contribution in [3.63, 3.8) is 0 Å². The molecule has 1 amide bonds. The maximum Gasteiger partial charge on any atom is 0.331 e. The number of halogens is 2. The molecule has 1 unspecified atom stereocenters. The summed E-state index contributed by atoms with van der Waals surface area (Å²) in [5.74, 6) is -3.08. The lowest BCUT2D eigenvalue weighted by Gasteiger charge is -2.27. The highest BCUT2D eigenvalue weighted by atomic mass is 19.1. The van der Waals surface area contributed by atoms with Gasteiger partial charge < -0.3 is 10.1 Å². The first kappa shape index (κ1) is 16.1. The van der Waals surface area contributed by atoms with Crippen LogP contribution < -0.4 is 5.32 Å². The van der Waals surface area contributed by atoms with Crippen molar-refractivity contribution < 1.29 is 23.1 Å². The minimum Gasteiger partial charge on any atom is -0.467 e. The molecule has 4 nitrogen and oxygen atoms in total. The van der Waals surface area contributed by atoms with Gasteiger partial charge in [-0.15, -0.1) is 0 Å². The first-order chi connectivity index (χ1) is 9.34. The molecule has 0 heterocycles. The average Bonchev–Trinajstić information content (AvgIpc) is 2.40. The molecule has 1 rings (SSSR count). The van der Waals surface area contributed by atoms with Crippen LogP contribution in [0.4, 0.5) is 8.78 Å². The van der Waals surface area contributed by atoms with Gasteiger partial charge in [0, 0.05) is 0 Å². The predicted octanol–water partition coefficient (Wildman–Crippen LogP) is 2.43. The quantitative estimate of drug-likeness (QED) is 0.845. The van der Waals surface area contributed by atoms with Crippen molar-refractivity contribution in [3.8, 4) is 0 Å². The molecule has 0 aliphatic heterocycles. The van der Waals surface area contributed by atoms with Crippen molar-refractivity contribution >= 4 is 11.9 Å². The van der Waals surface area contributed by atoms with Gasteiger partial charge in [0.2, 0.25) is 0 Å². The molecule has 0 aromatic heterocycles. The van der Waals surface area contributed by atoms with Gasteiger partial charge in [-0.05, 0) is 31.5 Å². The number of carbonyl (C=O) groups is 2. The van der Waals surface area contributed by atoms with Crippen LogP contribution in [0.1, 0.15) is 37.0 Å². The molecule has 1 aromatic carbocycles. The SMILES string of the molecule is CCCC(C)(NC(=O)c1cc(F)ccc1F)C(=O)OC. The van der Waals surface area contributed by atoms with Crippen LogP contribution >= 0.6 is 0 Å². The van der Waals surface area contributed by atoms with Crippen LogP contribution in [-0.4, -0.2) is 24.5 Å². The van der Waals surface area contributed by atoms with Gasteiger partial charge in [-0.2, -0.15) is 0 Å². The zero-order chi connectivity index (χ0) is 15.3. The van der Waals surface area contributed by atoms with Gasteiger partial charge in [0.25, 0.3) is 5.91 Å². The summed E-state index contributed by atoms with van der Waals surface area (Å²) in [6, 6.07) is 2.56. The Morgan fingerprint density at radius 3 is 2.55 bits per heavy atom. The molecule has 6 heteroatoms. The van der Waals surface area contributed by atoms with E-state index in [9.17, 15) is 18.4 Å². The van der Waals surface area contributed by atoms with Gasteiger partial charge in [0.15, 0.2) is 0 Å². The highest BCUT2D eigenvalue weighted by molar-refractivity contribution is 5.98. The van der Waals surface area contributed by atoms with Gasteiger partial charge in [0.05, 0.1) is 12.7 Å². The zero-order valence-corrected chi connectivity index (χ0v) is 11.6. The van der Waals surface area contributed by atoms with E-state index in [4.69, 9.17) is 0 Å². The summed E-state index contributed by atoms with van der Waals surface area (Å²) in [4.78, 5) is 23.7. The fourth-order valence-electron chi connectivity index (χ4n) is 1.93. The molecule has 20 heavy (non-hydrogen) atoms. The average molecular weight is 285 g/mol. The molecule has 1 N–H and O–H groups in total. The number of ether oxygens (including phenoxy) is 1. The van der Waals surface area contributed by atoms with E-state index in [0.717, 1.165) is 18.2 Å². The number of rotatable bonds is 5. The number of amides is 1. The normalized spacial score (nSPS) is 13.4. The number of benzene rings is 1. The number of carbonyl (C=O) groups excluding carboxylic acids is 2. The van der Waals surface area contributed by atoms with E-state index in [0.29, 0.717) is 12.8 Å². The van der Waals surface area contributed by atoms with E-state index < -0.39 is 34.6 Å². The Hall–Kier alpha value is -1.98. The summed E-state index contributed by atoms with van der Waals surface area (Å²) < 4.78 is 31.2. The van der Waals surface area contributed by atoms with E-state index >= 15 is 0 Å². The third-order valence-corrected chi connectivity index (χ3v) is 2.95. The van der Waals surface area contributed by atoms with E-state index in [1.165, 1.54) is 14.0 Å². The largest absolute Gasteiger partial charge is 0.467 e. The predicted molar refractivity (Wildman–Crippen MR) is 69.2 cm³/mol. The van der Waals surface area contributed by atoms with Crippen molar-refractivity contribution in [1.82, 2.24) is 5.32 Å². The molecule has 1 atom stereocenters. The van der Waals surface area contributed by atoms with Crippen molar-refractivity contribution in [2.75, 3.05) is 7.11 Å². The first-order valence-electron chi connectivity index (χ1n) is 6.20. The molecule has 0 radical (unpaired) electrons. The van der Waals surface area contributed by atoms with Crippen LogP contribution in [0.5, 0.6) is 0 Å². The molecule has 1 aromatic rings. The lowest BCUT2D eigenvalue weighted by atomic mass is 9.95. The third kappa shape index (κ3) is 3.53. The smallest absolute Gasteiger partial charge is 0.331 e. The molecular weight excluding hydrogens is 268 g/mol. The highest BCUT2D eigenvalue weighted by Gasteiger charge is 2.35. The minimum absolute atomic E-state index is 0.322. The Morgan fingerprint density at radius 1 is 1.35 bits per heavy atom. The van der Waals surface area contributed by atoms with Crippen LogP contribution in [0.3, 0.4) is 0 Å². The number of hydrogen-bond acceptors (Lipinski definition) is 3. The number of hydrogen-bond donors (Lipinski definition) is 1. The number of methoxy groups -OCH3 is 1. The maximum absolute atomic E-state index is 13.5. The number of esters is 1. The summed E-state index contributed by atoms with van der Waals surface area (Å²) in [6.07, 6.45) is 0.930. The van der Waals surface area contributed by atoms with Crippen molar-refractivity contribution in [2.24, 2.45) is 0 Å². The Balaban J connectivity index is 3.02. The topological polar surface area (TPSA) is 55.4 Å². The molecule has 0 aliphatic carbocycles. The maximum atomic E-state index is 13.5. The fraction of sp³-hybridized carbons (Fsp3) is 0.429. The summed E-state index contributed by atoms with van der Waals surface area (Å²) >= 11 is 0. The highest BCUT2D eigenvalue weighted by Crippen LogP contribution is 2.17. The van der Waals surface area contributed by atoms with Crippen LogP contribution in [0.2, 0.25) is 0 Å². The van der Waals surface area contributed by atoms with Gasteiger partial charge in [0.1, 0.15) is 17.2 Å². The van der Waals surface area contributed by atoms with Gasteiger partial charge >= 0.3 is 5.97 Å². The van der Waals surface area contributed by atoms with Crippen molar-refractivity contribution in [3.05, 3.63) is 35.4 Å². The molecule has 0 aliphatic rings. The van der Waals surface area contributed by atoms with E-state index in [-0.39, 0.29) is 0 Å². The lowest BCUT2D eigenvalue weighted by Crippen LogP contribution is -2.52. The van der Waals surface area contributed by atoms with Gasteiger partial charge in [-0.3, -0.25) is 4.79 Å². The van der Waals surface area contributed by atoms with Crippen LogP contribution in [0.15, 0.2) is 18.2 Å². The molecule has 0 saturated heterocycles. The molecule has 0 bridgehead atoms. The minimum atomic E-state index is -1.28. The standard InChI is InChI=1S/C14H17F2NO3/c1-4-7-14(2,13(19)20-3)17-12(18)10-8-9(15)5-6-11(10)16/h5-6,8H,4,7H2,1-3H3,(H,17,18). The first-order valence-corrected chi connectivity index (χ1v) is 6.20. The summed E-state index contributed by atoms with van der Waals surface area (Å²) in [5, 5.41) is 2.41. The Bertz CT molecular complexity index is 519. The Morgan fingerprint density at radius 2 is 2.00 bits per heavy atom. The summed E-state index contributed by atoms with van der Waals surface area (Å²) in [7, 11) is 1.20. The van der Waals surface area contributed by atoms with E-state index in [1.807, 2.05) is 6.92 Å². The molecule has 110 valence electrons. The van der Waals surface area contributed by atoms with Crippen molar-refractivity contribution in [1.29, 1.82) is 0 Å². The van der Waals surface area contributed by atoms with Crippen LogP contribution in [-0.2, 0) is 9.53 Å². The second kappa shape index (κ2) is 6.45. The fourth-order valence-corrected chi connectivity index (χ4v) is 1.93. The van der Waals surface area contributed by atoms with Gasteiger partial charge in [-0.25, -0.2) is 13.6 Å². The molecule has 0 fully saturated rings. The van der Waals surface area contributed by atoms with Crippen LogP contribution in [0, 0.1) is 11.6 Å². The van der Waals surface area contributed by atoms with E-state index in [2.05, 4.69) is 10.1 Å². The Labute approximate surface area is 116 Å². The third-order valence-electron chi connectivity index (χ3n) is 2.95. The van der Waals surface area contributed by atoms with Gasteiger partial charge in [-0.1, -0.05) is 13.3 Å². The Kier molecular flexibility index (Phi) is 5.19. The second-order valence-electron chi connectivity index (χ2n) is 4.65. The molecule has 0 spiro atoms. The van der Waals surface area contributed by atoms with E-state index in [1.54, 1.807) is 0 Å². The monoisotopic (exact) mass is 285 g/mol. The molecular formula is C14H17F2NO3. The zero-order valence-electron chi connectivity index (χ0n) is 11.6. The van der Waals surface area contributed by atoms with Crippen molar-refractivity contribution in [2.45, 2.75) is 32.2 Å². The lowest BCUT2D eigenvalue weighted by molar-refractivity contribution is -0.147. The number of nitrogens with one attached hydrogen (secondary N) is 1.